The molecule has 0 bridgehead atoms. The third-order valence-corrected chi connectivity index (χ3v) is 2.84. The summed E-state index contributed by atoms with van der Waals surface area (Å²) in [5.74, 6) is -0.0400. The first-order valence-electron chi connectivity index (χ1n) is 5.55. The summed E-state index contributed by atoms with van der Waals surface area (Å²) in [5.41, 5.74) is 1.40. The van der Waals surface area contributed by atoms with Crippen LogP contribution in [0.25, 0.3) is 11.6 Å². The molecule has 0 atom stereocenters. The van der Waals surface area contributed by atoms with Crippen molar-refractivity contribution in [2.45, 2.75) is 0 Å². The Bertz CT molecular complexity index is 656. The van der Waals surface area contributed by atoms with E-state index in [-0.39, 0.29) is 5.57 Å². The maximum atomic E-state index is 11.2. The van der Waals surface area contributed by atoms with Crippen LogP contribution < -0.4 is 9.84 Å². The molecule has 2 aromatic carbocycles. The molecule has 3 nitrogen and oxygen atoms in total. The van der Waals surface area contributed by atoms with E-state index in [4.69, 9.17) is 4.74 Å². The Morgan fingerprint density at radius 1 is 0.944 bits per heavy atom. The Morgan fingerprint density at radius 3 is 2.39 bits per heavy atom. The van der Waals surface area contributed by atoms with Crippen LogP contribution in [0.2, 0.25) is 0 Å². The predicted molar refractivity (Wildman–Crippen MR) is 65.8 cm³/mol. The number of benzene rings is 2. The fourth-order valence-corrected chi connectivity index (χ4v) is 1.99. The molecule has 0 unspecified atom stereocenters. The van der Waals surface area contributed by atoms with E-state index in [1.807, 2.05) is 18.2 Å². The average Bonchev–Trinajstić information content (AvgIpc) is 2.55. The van der Waals surface area contributed by atoms with E-state index in [0.29, 0.717) is 17.1 Å². The zero-order valence-electron chi connectivity index (χ0n) is 9.42. The Morgan fingerprint density at radius 2 is 1.61 bits per heavy atom. The molecule has 1 aliphatic heterocycles. The minimum absolute atomic E-state index is 0.135. The summed E-state index contributed by atoms with van der Waals surface area (Å²) in [7, 11) is 0. The van der Waals surface area contributed by atoms with Crippen molar-refractivity contribution in [1.29, 1.82) is 0 Å². The molecule has 1 heterocycles. The third kappa shape index (κ3) is 1.66. The van der Waals surface area contributed by atoms with E-state index >= 15 is 0 Å². The first-order chi connectivity index (χ1) is 8.75. The fourth-order valence-electron chi connectivity index (χ4n) is 1.99. The summed E-state index contributed by atoms with van der Waals surface area (Å²) in [4.78, 5) is 11.2. The molecule has 88 valence electrons. The number of aliphatic carboxylic acids is 1. The SMILES string of the molecule is O=C([O-])C1=Cc2ccccc2Oc2ccccc21. The normalized spacial score (nSPS) is 12.6. The number of para-hydroxylation sites is 2. The van der Waals surface area contributed by atoms with Gasteiger partial charge in [0.15, 0.2) is 0 Å². The summed E-state index contributed by atoms with van der Waals surface area (Å²) in [5, 5.41) is 11.2. The average molecular weight is 237 g/mol. The third-order valence-electron chi connectivity index (χ3n) is 2.84. The van der Waals surface area contributed by atoms with E-state index in [2.05, 4.69) is 0 Å². The van der Waals surface area contributed by atoms with Crippen molar-refractivity contribution in [1.82, 2.24) is 0 Å². The highest BCUT2D eigenvalue weighted by molar-refractivity contribution is 6.21. The predicted octanol–water partition coefficient (Wildman–Crippen LogP) is 2.08. The summed E-state index contributed by atoms with van der Waals surface area (Å²) < 4.78 is 5.74. The Hall–Kier alpha value is -2.55. The molecule has 0 aromatic heterocycles. The van der Waals surface area contributed by atoms with Crippen LogP contribution in [0.1, 0.15) is 11.1 Å². The lowest BCUT2D eigenvalue weighted by Gasteiger charge is -2.11. The maximum absolute atomic E-state index is 11.2. The van der Waals surface area contributed by atoms with Crippen LogP contribution in [-0.4, -0.2) is 5.97 Å². The lowest BCUT2D eigenvalue weighted by atomic mass is 10.0. The van der Waals surface area contributed by atoms with E-state index in [1.54, 1.807) is 36.4 Å². The molecule has 0 amide bonds. The van der Waals surface area contributed by atoms with E-state index < -0.39 is 5.97 Å². The van der Waals surface area contributed by atoms with Gasteiger partial charge in [0.2, 0.25) is 0 Å². The molecule has 0 N–H and O–H groups in total. The van der Waals surface area contributed by atoms with Crippen molar-refractivity contribution >= 4 is 17.6 Å². The number of fused-ring (bicyclic) bond motifs is 2. The maximum Gasteiger partial charge on any atom is 0.135 e. The Balaban J connectivity index is 2.29. The van der Waals surface area contributed by atoms with E-state index in [0.717, 1.165) is 5.56 Å². The van der Waals surface area contributed by atoms with Gasteiger partial charge in [0, 0.05) is 16.7 Å². The second kappa shape index (κ2) is 4.04. The molecule has 0 saturated heterocycles. The van der Waals surface area contributed by atoms with Crippen LogP contribution in [0.15, 0.2) is 48.5 Å². The number of carbonyl (C=O) groups is 1. The van der Waals surface area contributed by atoms with Gasteiger partial charge in [-0.2, -0.15) is 0 Å². The first kappa shape index (κ1) is 10.6. The molecule has 0 radical (unpaired) electrons. The highest BCUT2D eigenvalue weighted by atomic mass is 16.5. The highest BCUT2D eigenvalue weighted by Crippen LogP contribution is 2.37. The van der Waals surface area contributed by atoms with Crippen LogP contribution in [0.3, 0.4) is 0 Å². The summed E-state index contributed by atoms with van der Waals surface area (Å²) in [6.07, 6.45) is 1.58. The van der Waals surface area contributed by atoms with Crippen molar-refractivity contribution in [3.63, 3.8) is 0 Å². The second-order valence-electron chi connectivity index (χ2n) is 3.98. The smallest absolute Gasteiger partial charge is 0.135 e. The number of carboxylic acid groups (broad SMARTS) is 1. The zero-order chi connectivity index (χ0) is 12.5. The molecule has 0 fully saturated rings. The quantitative estimate of drug-likeness (QED) is 0.763. The molecule has 1 aliphatic rings. The summed E-state index contributed by atoms with van der Waals surface area (Å²) >= 11 is 0. The lowest BCUT2D eigenvalue weighted by molar-refractivity contribution is -0.295. The number of carboxylic acids is 1. The van der Waals surface area contributed by atoms with Crippen LogP contribution in [0.4, 0.5) is 0 Å². The standard InChI is InChI=1S/C15H10O3/c16-15(17)12-9-10-5-1-3-7-13(10)18-14-8-4-2-6-11(12)14/h1-9H,(H,16,17)/p-1. The molecular formula is C15H9O3-. The van der Waals surface area contributed by atoms with Gasteiger partial charge in [-0.3, -0.25) is 0 Å². The zero-order valence-corrected chi connectivity index (χ0v) is 9.42. The minimum atomic E-state index is -1.21. The summed E-state index contributed by atoms with van der Waals surface area (Å²) in [6, 6.07) is 14.3. The number of ether oxygens (including phenoxy) is 1. The lowest BCUT2D eigenvalue weighted by Crippen LogP contribution is -2.23. The van der Waals surface area contributed by atoms with Crippen LogP contribution in [0.5, 0.6) is 11.5 Å². The van der Waals surface area contributed by atoms with Crippen molar-refractivity contribution < 1.29 is 14.6 Å². The molecule has 18 heavy (non-hydrogen) atoms. The van der Waals surface area contributed by atoms with Crippen LogP contribution in [0, 0.1) is 0 Å². The number of hydrogen-bond donors (Lipinski definition) is 0. The molecule has 0 spiro atoms. The van der Waals surface area contributed by atoms with Gasteiger partial charge in [0.1, 0.15) is 11.5 Å². The topological polar surface area (TPSA) is 49.4 Å². The van der Waals surface area contributed by atoms with Crippen molar-refractivity contribution in [3.05, 3.63) is 59.7 Å². The largest absolute Gasteiger partial charge is 0.545 e. The number of carbonyl (C=O) groups excluding carboxylic acids is 1. The molecule has 0 saturated carbocycles. The number of rotatable bonds is 1. The Labute approximate surface area is 104 Å². The summed E-state index contributed by atoms with van der Waals surface area (Å²) in [6.45, 7) is 0. The van der Waals surface area contributed by atoms with Gasteiger partial charge in [-0.25, -0.2) is 0 Å². The van der Waals surface area contributed by atoms with Gasteiger partial charge in [0.05, 0.1) is 5.97 Å². The van der Waals surface area contributed by atoms with Gasteiger partial charge in [-0.05, 0) is 18.2 Å². The molecular weight excluding hydrogens is 228 g/mol. The fraction of sp³-hybridized carbons (Fsp3) is 0. The molecule has 3 rings (SSSR count). The monoisotopic (exact) mass is 237 g/mol. The van der Waals surface area contributed by atoms with E-state index in [9.17, 15) is 9.90 Å². The molecule has 0 aliphatic carbocycles. The van der Waals surface area contributed by atoms with Crippen molar-refractivity contribution in [3.8, 4) is 11.5 Å². The number of hydrogen-bond acceptors (Lipinski definition) is 3. The first-order valence-corrected chi connectivity index (χ1v) is 5.55. The van der Waals surface area contributed by atoms with Crippen LogP contribution >= 0.6 is 0 Å². The van der Waals surface area contributed by atoms with Gasteiger partial charge in [0.25, 0.3) is 0 Å². The minimum Gasteiger partial charge on any atom is -0.545 e. The van der Waals surface area contributed by atoms with Crippen molar-refractivity contribution in [2.75, 3.05) is 0 Å². The van der Waals surface area contributed by atoms with Gasteiger partial charge in [-0.15, -0.1) is 0 Å². The van der Waals surface area contributed by atoms with Crippen LogP contribution in [-0.2, 0) is 4.79 Å². The van der Waals surface area contributed by atoms with Gasteiger partial charge >= 0.3 is 0 Å². The van der Waals surface area contributed by atoms with Crippen molar-refractivity contribution in [2.24, 2.45) is 0 Å². The van der Waals surface area contributed by atoms with Gasteiger partial charge in [-0.1, -0.05) is 36.4 Å². The Kier molecular flexibility index (Phi) is 2.38. The molecule has 2 aromatic rings. The van der Waals surface area contributed by atoms with Gasteiger partial charge < -0.3 is 14.6 Å². The van der Waals surface area contributed by atoms with E-state index in [1.165, 1.54) is 0 Å². The molecule has 3 heteroatoms. The second-order valence-corrected chi connectivity index (χ2v) is 3.98. The highest BCUT2D eigenvalue weighted by Gasteiger charge is 2.16.